The summed E-state index contributed by atoms with van der Waals surface area (Å²) in [5.74, 6) is -0.644. The van der Waals surface area contributed by atoms with Gasteiger partial charge in [0.2, 0.25) is 0 Å². The minimum absolute atomic E-state index is 0.221. The van der Waals surface area contributed by atoms with Gasteiger partial charge in [-0.25, -0.2) is 0 Å². The van der Waals surface area contributed by atoms with E-state index in [1.165, 1.54) is 19.3 Å². The van der Waals surface area contributed by atoms with Crippen molar-refractivity contribution in [3.8, 4) is 0 Å². The van der Waals surface area contributed by atoms with Crippen molar-refractivity contribution in [2.24, 2.45) is 0 Å². The molecule has 2 unspecified atom stereocenters. The molecule has 3 nitrogen and oxygen atoms in total. The van der Waals surface area contributed by atoms with Crippen LogP contribution in [-0.2, 0) is 4.79 Å². The van der Waals surface area contributed by atoms with Gasteiger partial charge in [-0.3, -0.25) is 9.69 Å². The van der Waals surface area contributed by atoms with Gasteiger partial charge in [-0.05, 0) is 32.7 Å². The van der Waals surface area contributed by atoms with E-state index in [9.17, 15) is 4.79 Å². The first kappa shape index (κ1) is 12.5. The number of unbranched alkanes of at least 4 members (excludes halogenated alkanes) is 2. The zero-order chi connectivity index (χ0) is 11.3. The van der Waals surface area contributed by atoms with E-state index in [1.807, 2.05) is 0 Å². The summed E-state index contributed by atoms with van der Waals surface area (Å²) in [6, 6.07) is 0.210. The maximum Gasteiger partial charge on any atom is 0.320 e. The van der Waals surface area contributed by atoms with Gasteiger partial charge in [0, 0.05) is 6.04 Å². The minimum Gasteiger partial charge on any atom is -0.480 e. The highest BCUT2D eigenvalue weighted by atomic mass is 16.4. The van der Waals surface area contributed by atoms with Gasteiger partial charge in [0.1, 0.15) is 6.04 Å². The molecule has 0 aromatic rings. The van der Waals surface area contributed by atoms with Crippen molar-refractivity contribution in [1.82, 2.24) is 4.90 Å². The lowest BCUT2D eigenvalue weighted by Crippen LogP contribution is -2.41. The molecule has 0 amide bonds. The number of carboxylic acids is 1. The maximum atomic E-state index is 11.0. The predicted octanol–water partition coefficient (Wildman–Crippen LogP) is 2.50. The first-order chi connectivity index (χ1) is 7.16. The molecule has 0 aromatic carbocycles. The molecular weight excluding hydrogens is 190 g/mol. The van der Waals surface area contributed by atoms with E-state index in [2.05, 4.69) is 18.7 Å². The molecule has 0 radical (unpaired) electrons. The summed E-state index contributed by atoms with van der Waals surface area (Å²) < 4.78 is 0. The second kappa shape index (κ2) is 6.11. The monoisotopic (exact) mass is 213 g/mol. The quantitative estimate of drug-likeness (QED) is 0.689. The standard InChI is InChI=1S/C12H23NO2/c1-3-4-5-7-10(2)13-9-6-8-11(13)12(14)15/h10-11H,3-9H2,1-2H3,(H,14,15). The molecule has 0 aliphatic carbocycles. The van der Waals surface area contributed by atoms with Crippen LogP contribution in [0.4, 0.5) is 0 Å². The molecule has 88 valence electrons. The number of carboxylic acid groups (broad SMARTS) is 1. The molecule has 1 N–H and O–H groups in total. The number of likely N-dealkylation sites (tertiary alicyclic amines) is 1. The van der Waals surface area contributed by atoms with Crippen molar-refractivity contribution in [3.05, 3.63) is 0 Å². The van der Waals surface area contributed by atoms with E-state index in [0.717, 1.165) is 25.8 Å². The van der Waals surface area contributed by atoms with E-state index in [-0.39, 0.29) is 6.04 Å². The van der Waals surface area contributed by atoms with Crippen LogP contribution in [0.1, 0.15) is 52.4 Å². The smallest absolute Gasteiger partial charge is 0.320 e. The molecule has 1 rings (SSSR count). The number of aliphatic carboxylic acids is 1. The lowest BCUT2D eigenvalue weighted by molar-refractivity contribution is -0.142. The molecule has 1 aliphatic heterocycles. The highest BCUT2D eigenvalue weighted by molar-refractivity contribution is 5.73. The fourth-order valence-corrected chi connectivity index (χ4v) is 2.44. The third-order valence-corrected chi connectivity index (χ3v) is 3.37. The Balaban J connectivity index is 2.36. The molecule has 3 heteroatoms. The zero-order valence-electron chi connectivity index (χ0n) is 9.91. The SMILES string of the molecule is CCCCCC(C)N1CCCC1C(=O)O. The Morgan fingerprint density at radius 1 is 1.53 bits per heavy atom. The van der Waals surface area contributed by atoms with Crippen LogP contribution in [0, 0.1) is 0 Å². The van der Waals surface area contributed by atoms with Gasteiger partial charge in [0.15, 0.2) is 0 Å². The number of nitrogens with zero attached hydrogens (tertiary/aromatic N) is 1. The minimum atomic E-state index is -0.644. The Bertz CT molecular complexity index is 206. The van der Waals surface area contributed by atoms with Crippen LogP contribution in [0.3, 0.4) is 0 Å². The molecule has 0 bridgehead atoms. The molecule has 1 heterocycles. The topological polar surface area (TPSA) is 40.5 Å². The average molecular weight is 213 g/mol. The number of carbonyl (C=O) groups is 1. The second-order valence-corrected chi connectivity index (χ2v) is 4.58. The molecule has 1 fully saturated rings. The molecular formula is C12H23NO2. The summed E-state index contributed by atoms with van der Waals surface area (Å²) in [5.41, 5.74) is 0. The number of hydrogen-bond acceptors (Lipinski definition) is 2. The van der Waals surface area contributed by atoms with Crippen LogP contribution < -0.4 is 0 Å². The van der Waals surface area contributed by atoms with Gasteiger partial charge in [-0.15, -0.1) is 0 Å². The average Bonchev–Trinajstić information content (AvgIpc) is 2.66. The largest absolute Gasteiger partial charge is 0.480 e. The Hall–Kier alpha value is -0.570. The summed E-state index contributed by atoms with van der Waals surface area (Å²) in [7, 11) is 0. The highest BCUT2D eigenvalue weighted by Crippen LogP contribution is 2.22. The molecule has 2 atom stereocenters. The van der Waals surface area contributed by atoms with Gasteiger partial charge in [-0.2, -0.15) is 0 Å². The van der Waals surface area contributed by atoms with Crippen molar-refractivity contribution in [2.45, 2.75) is 64.5 Å². The Morgan fingerprint density at radius 3 is 2.87 bits per heavy atom. The van der Waals surface area contributed by atoms with Gasteiger partial charge in [-0.1, -0.05) is 26.2 Å². The molecule has 0 spiro atoms. The summed E-state index contributed by atoms with van der Waals surface area (Å²) >= 11 is 0. The fourth-order valence-electron chi connectivity index (χ4n) is 2.44. The van der Waals surface area contributed by atoms with E-state index in [1.54, 1.807) is 0 Å². The first-order valence-electron chi connectivity index (χ1n) is 6.15. The van der Waals surface area contributed by atoms with Crippen molar-refractivity contribution in [2.75, 3.05) is 6.54 Å². The van der Waals surface area contributed by atoms with Crippen molar-refractivity contribution >= 4 is 5.97 Å². The van der Waals surface area contributed by atoms with Gasteiger partial charge < -0.3 is 5.11 Å². The number of rotatable bonds is 6. The van der Waals surface area contributed by atoms with Gasteiger partial charge >= 0.3 is 5.97 Å². The van der Waals surface area contributed by atoms with E-state index in [4.69, 9.17) is 5.11 Å². The third-order valence-electron chi connectivity index (χ3n) is 3.37. The van der Waals surface area contributed by atoms with Crippen LogP contribution >= 0.6 is 0 Å². The highest BCUT2D eigenvalue weighted by Gasteiger charge is 2.32. The Kier molecular flexibility index (Phi) is 5.09. The second-order valence-electron chi connectivity index (χ2n) is 4.58. The Labute approximate surface area is 92.5 Å². The van der Waals surface area contributed by atoms with Crippen LogP contribution in [-0.4, -0.2) is 34.6 Å². The normalized spacial score (nSPS) is 24.3. The number of hydrogen-bond donors (Lipinski definition) is 1. The van der Waals surface area contributed by atoms with E-state index in [0.29, 0.717) is 6.04 Å². The molecule has 1 aliphatic rings. The third kappa shape index (κ3) is 3.49. The lowest BCUT2D eigenvalue weighted by Gasteiger charge is -2.28. The van der Waals surface area contributed by atoms with Crippen LogP contribution in [0.2, 0.25) is 0 Å². The van der Waals surface area contributed by atoms with Crippen molar-refractivity contribution in [1.29, 1.82) is 0 Å². The summed E-state index contributed by atoms with van der Waals surface area (Å²) in [5, 5.41) is 9.06. The Morgan fingerprint density at radius 2 is 2.27 bits per heavy atom. The van der Waals surface area contributed by atoms with Crippen LogP contribution in [0.15, 0.2) is 0 Å². The molecule has 0 saturated carbocycles. The fraction of sp³-hybridized carbons (Fsp3) is 0.917. The van der Waals surface area contributed by atoms with Crippen molar-refractivity contribution in [3.63, 3.8) is 0 Å². The maximum absolute atomic E-state index is 11.0. The summed E-state index contributed by atoms with van der Waals surface area (Å²) in [4.78, 5) is 13.2. The zero-order valence-corrected chi connectivity index (χ0v) is 9.91. The van der Waals surface area contributed by atoms with Crippen LogP contribution in [0.25, 0.3) is 0 Å². The summed E-state index contributed by atoms with van der Waals surface area (Å²) in [6.45, 7) is 5.32. The lowest BCUT2D eigenvalue weighted by atomic mass is 10.1. The molecule has 1 saturated heterocycles. The predicted molar refractivity (Wildman–Crippen MR) is 61.0 cm³/mol. The van der Waals surface area contributed by atoms with E-state index >= 15 is 0 Å². The van der Waals surface area contributed by atoms with E-state index < -0.39 is 5.97 Å². The molecule has 15 heavy (non-hydrogen) atoms. The van der Waals surface area contributed by atoms with Crippen molar-refractivity contribution < 1.29 is 9.90 Å². The summed E-state index contributed by atoms with van der Waals surface area (Å²) in [6.07, 6.45) is 6.71. The van der Waals surface area contributed by atoms with Gasteiger partial charge in [0.25, 0.3) is 0 Å². The van der Waals surface area contributed by atoms with Crippen LogP contribution in [0.5, 0.6) is 0 Å². The first-order valence-corrected chi connectivity index (χ1v) is 6.15. The molecule has 0 aromatic heterocycles. The van der Waals surface area contributed by atoms with Gasteiger partial charge in [0.05, 0.1) is 0 Å².